The molecule has 1 fully saturated rings. The quantitative estimate of drug-likeness (QED) is 0.474. The van der Waals surface area contributed by atoms with Gasteiger partial charge in [0.15, 0.2) is 6.10 Å². The van der Waals surface area contributed by atoms with E-state index in [1.54, 1.807) is 6.92 Å². The van der Waals surface area contributed by atoms with Crippen molar-refractivity contribution >= 4 is 5.97 Å². The summed E-state index contributed by atoms with van der Waals surface area (Å²) in [4.78, 5) is 10.7. The summed E-state index contributed by atoms with van der Waals surface area (Å²) in [5, 5.41) is 0. The van der Waals surface area contributed by atoms with Crippen LogP contribution in [-0.4, -0.2) is 24.8 Å². The summed E-state index contributed by atoms with van der Waals surface area (Å²) in [6.45, 7) is 3.86. The van der Waals surface area contributed by atoms with E-state index < -0.39 is 0 Å². The van der Waals surface area contributed by atoms with Gasteiger partial charge in [-0.25, -0.2) is 0 Å². The van der Waals surface area contributed by atoms with Crippen LogP contribution in [0.1, 0.15) is 26.7 Å². The number of hydrogen-bond acceptors (Lipinski definition) is 3. The predicted octanol–water partition coefficient (Wildman–Crippen LogP) is 1.12. The Labute approximate surface area is 78.4 Å². The normalized spacial score (nSPS) is 23.1. The molecule has 1 heterocycles. The lowest BCUT2D eigenvalue weighted by Crippen LogP contribution is -2.28. The molecule has 0 radical (unpaired) electrons. The Kier molecular flexibility index (Phi) is 3.78. The van der Waals surface area contributed by atoms with Gasteiger partial charge in [0.1, 0.15) is 6.10 Å². The molecule has 0 saturated carbocycles. The van der Waals surface area contributed by atoms with Gasteiger partial charge in [-0.2, -0.15) is 0 Å². The SMILES string of the molecule is CC#CC(OC(C)=O)C1CCCO1. The lowest BCUT2D eigenvalue weighted by molar-refractivity contribution is -0.148. The Balaban J connectivity index is 2.53. The number of carbonyl (C=O) groups excluding carboxylic acids is 1. The number of esters is 1. The Morgan fingerprint density at radius 2 is 2.46 bits per heavy atom. The third kappa shape index (κ3) is 3.08. The first-order chi connectivity index (χ1) is 6.24. The van der Waals surface area contributed by atoms with Crippen LogP contribution >= 0.6 is 0 Å². The van der Waals surface area contributed by atoms with Gasteiger partial charge in [0, 0.05) is 13.5 Å². The summed E-state index contributed by atoms with van der Waals surface area (Å²) < 4.78 is 10.4. The van der Waals surface area contributed by atoms with E-state index in [1.165, 1.54) is 6.92 Å². The zero-order chi connectivity index (χ0) is 9.68. The minimum Gasteiger partial charge on any atom is -0.447 e. The maximum atomic E-state index is 10.7. The van der Waals surface area contributed by atoms with Gasteiger partial charge in [-0.3, -0.25) is 4.79 Å². The van der Waals surface area contributed by atoms with Crippen LogP contribution in [0.25, 0.3) is 0 Å². The van der Waals surface area contributed by atoms with E-state index in [0.717, 1.165) is 19.4 Å². The van der Waals surface area contributed by atoms with Gasteiger partial charge < -0.3 is 9.47 Å². The van der Waals surface area contributed by atoms with E-state index in [9.17, 15) is 4.79 Å². The molecule has 3 nitrogen and oxygen atoms in total. The molecule has 0 amide bonds. The third-order valence-corrected chi connectivity index (χ3v) is 1.88. The van der Waals surface area contributed by atoms with E-state index in [4.69, 9.17) is 9.47 Å². The fourth-order valence-electron chi connectivity index (χ4n) is 1.36. The maximum Gasteiger partial charge on any atom is 0.303 e. The molecule has 72 valence electrons. The van der Waals surface area contributed by atoms with E-state index in [2.05, 4.69) is 11.8 Å². The van der Waals surface area contributed by atoms with Crippen molar-refractivity contribution in [3.05, 3.63) is 0 Å². The van der Waals surface area contributed by atoms with Crippen LogP contribution in [-0.2, 0) is 14.3 Å². The van der Waals surface area contributed by atoms with Gasteiger partial charge >= 0.3 is 5.97 Å². The molecule has 0 spiro atoms. The highest BCUT2D eigenvalue weighted by Crippen LogP contribution is 2.17. The molecule has 0 bridgehead atoms. The van der Waals surface area contributed by atoms with E-state index in [0.29, 0.717) is 0 Å². The fourth-order valence-corrected chi connectivity index (χ4v) is 1.36. The van der Waals surface area contributed by atoms with E-state index >= 15 is 0 Å². The molecule has 0 N–H and O–H groups in total. The van der Waals surface area contributed by atoms with Crippen molar-refractivity contribution in [2.45, 2.75) is 38.9 Å². The number of rotatable bonds is 2. The smallest absolute Gasteiger partial charge is 0.303 e. The summed E-state index contributed by atoms with van der Waals surface area (Å²) in [7, 11) is 0. The van der Waals surface area contributed by atoms with Crippen molar-refractivity contribution in [3.63, 3.8) is 0 Å². The summed E-state index contributed by atoms with van der Waals surface area (Å²) >= 11 is 0. The predicted molar refractivity (Wildman–Crippen MR) is 48.0 cm³/mol. The largest absolute Gasteiger partial charge is 0.447 e. The Hall–Kier alpha value is -1.01. The standard InChI is InChI=1S/C10H14O3/c1-3-5-10(13-8(2)11)9-6-4-7-12-9/h9-10H,4,6-7H2,1-2H3. The van der Waals surface area contributed by atoms with E-state index in [-0.39, 0.29) is 18.2 Å². The summed E-state index contributed by atoms with van der Waals surface area (Å²) in [5.41, 5.74) is 0. The van der Waals surface area contributed by atoms with Crippen LogP contribution in [0.4, 0.5) is 0 Å². The van der Waals surface area contributed by atoms with Gasteiger partial charge in [-0.05, 0) is 19.8 Å². The molecular formula is C10H14O3. The van der Waals surface area contributed by atoms with Crippen LogP contribution in [0.15, 0.2) is 0 Å². The highest BCUT2D eigenvalue weighted by Gasteiger charge is 2.26. The molecule has 3 heteroatoms. The Morgan fingerprint density at radius 1 is 1.69 bits per heavy atom. The zero-order valence-electron chi connectivity index (χ0n) is 8.00. The van der Waals surface area contributed by atoms with Crippen molar-refractivity contribution in [2.24, 2.45) is 0 Å². The first kappa shape index (κ1) is 10.1. The molecule has 0 aromatic rings. The molecule has 1 saturated heterocycles. The van der Waals surface area contributed by atoms with Crippen LogP contribution in [0, 0.1) is 11.8 Å². The lowest BCUT2D eigenvalue weighted by Gasteiger charge is -2.16. The van der Waals surface area contributed by atoms with Crippen LogP contribution < -0.4 is 0 Å². The van der Waals surface area contributed by atoms with Crippen molar-refractivity contribution in [1.29, 1.82) is 0 Å². The fraction of sp³-hybridized carbons (Fsp3) is 0.700. The van der Waals surface area contributed by atoms with Crippen molar-refractivity contribution < 1.29 is 14.3 Å². The first-order valence-electron chi connectivity index (χ1n) is 4.45. The zero-order valence-corrected chi connectivity index (χ0v) is 8.00. The first-order valence-corrected chi connectivity index (χ1v) is 4.45. The second-order valence-electron chi connectivity index (χ2n) is 2.98. The topological polar surface area (TPSA) is 35.5 Å². The maximum absolute atomic E-state index is 10.7. The van der Waals surface area contributed by atoms with Crippen LogP contribution in [0.5, 0.6) is 0 Å². The Bertz CT molecular complexity index is 230. The second-order valence-corrected chi connectivity index (χ2v) is 2.98. The summed E-state index contributed by atoms with van der Waals surface area (Å²) in [6, 6.07) is 0. The summed E-state index contributed by atoms with van der Waals surface area (Å²) in [6.07, 6.45) is 1.53. The minimum absolute atomic E-state index is 0.0312. The van der Waals surface area contributed by atoms with Crippen molar-refractivity contribution in [3.8, 4) is 11.8 Å². The highest BCUT2D eigenvalue weighted by atomic mass is 16.6. The number of carbonyl (C=O) groups is 1. The third-order valence-electron chi connectivity index (χ3n) is 1.88. The monoisotopic (exact) mass is 182 g/mol. The molecule has 0 aromatic carbocycles. The number of ether oxygens (including phenoxy) is 2. The van der Waals surface area contributed by atoms with E-state index in [1.807, 2.05) is 0 Å². The van der Waals surface area contributed by atoms with Gasteiger partial charge in [-0.15, -0.1) is 5.92 Å². The van der Waals surface area contributed by atoms with Gasteiger partial charge in [0.05, 0.1) is 0 Å². The minimum atomic E-state index is -0.384. The molecule has 2 atom stereocenters. The molecule has 0 aliphatic carbocycles. The number of hydrogen-bond donors (Lipinski definition) is 0. The van der Waals surface area contributed by atoms with Crippen molar-refractivity contribution in [2.75, 3.05) is 6.61 Å². The molecule has 1 rings (SSSR count). The highest BCUT2D eigenvalue weighted by molar-refractivity contribution is 5.66. The average molecular weight is 182 g/mol. The molecule has 1 aliphatic heterocycles. The van der Waals surface area contributed by atoms with Gasteiger partial charge in [-0.1, -0.05) is 5.92 Å². The summed E-state index contributed by atoms with van der Waals surface area (Å²) in [5.74, 6) is 5.28. The molecule has 13 heavy (non-hydrogen) atoms. The Morgan fingerprint density at radius 3 is 2.92 bits per heavy atom. The second kappa shape index (κ2) is 4.88. The molecule has 1 aliphatic rings. The van der Waals surface area contributed by atoms with Crippen LogP contribution in [0.3, 0.4) is 0 Å². The lowest BCUT2D eigenvalue weighted by atomic mass is 10.1. The molecule has 2 unspecified atom stereocenters. The average Bonchev–Trinajstić information content (AvgIpc) is 2.54. The van der Waals surface area contributed by atoms with Gasteiger partial charge in [0.25, 0.3) is 0 Å². The van der Waals surface area contributed by atoms with Gasteiger partial charge in [0.2, 0.25) is 0 Å². The molecule has 0 aromatic heterocycles. The van der Waals surface area contributed by atoms with Crippen LogP contribution in [0.2, 0.25) is 0 Å². The van der Waals surface area contributed by atoms with Crippen molar-refractivity contribution in [1.82, 2.24) is 0 Å². The molecular weight excluding hydrogens is 168 g/mol.